The van der Waals surface area contributed by atoms with E-state index in [1.807, 2.05) is 0 Å². The first-order valence-electron chi connectivity index (χ1n) is 22.3. The average molecular weight is 1000 g/mol. The van der Waals surface area contributed by atoms with Crippen LogP contribution in [0.15, 0.2) is 60.8 Å². The molecule has 6 aliphatic rings. The van der Waals surface area contributed by atoms with Gasteiger partial charge in [-0.25, -0.2) is 14.4 Å². The molecule has 1 saturated carbocycles. The minimum Gasteiger partial charge on any atom is -0.471 e. The summed E-state index contributed by atoms with van der Waals surface area (Å²) in [4.78, 5) is 67.0. The van der Waals surface area contributed by atoms with Gasteiger partial charge in [0.15, 0.2) is 12.6 Å². The summed E-state index contributed by atoms with van der Waals surface area (Å²) in [7, 11) is 3.35. The number of carbonyl (C=O) groups is 5. The Bertz CT molecular complexity index is 2020. The van der Waals surface area contributed by atoms with Gasteiger partial charge < -0.3 is 97.7 Å². The molecule has 0 aromatic heterocycles. The Hall–Kier alpha value is -5.03. The van der Waals surface area contributed by atoms with Crippen molar-refractivity contribution >= 4 is 29.8 Å². The monoisotopic (exact) mass is 1000 g/mol. The van der Waals surface area contributed by atoms with Gasteiger partial charge in [-0.05, 0) is 6.42 Å². The minimum absolute atomic E-state index is 0.00181. The Morgan fingerprint density at radius 2 is 0.986 bits per heavy atom. The molecule has 21 atom stereocenters. The van der Waals surface area contributed by atoms with Gasteiger partial charge >= 0.3 is 29.8 Å². The number of aliphatic hydroxyl groups excluding tert-OH is 8. The number of rotatable bonds is 17. The molecule has 0 aromatic carbocycles. The summed E-state index contributed by atoms with van der Waals surface area (Å²) in [5, 5.41) is 81.6. The summed E-state index contributed by atoms with van der Waals surface area (Å²) < 4.78 is 66.5. The lowest BCUT2D eigenvalue weighted by Crippen LogP contribution is -2.60. The summed E-state index contributed by atoms with van der Waals surface area (Å²) in [5.74, 6) is -11.0. The number of hydrogen-bond donors (Lipinski definition) is 8. The van der Waals surface area contributed by atoms with Crippen LogP contribution >= 0.6 is 0 Å². The van der Waals surface area contributed by atoms with Crippen LogP contribution in [0.4, 0.5) is 0 Å². The smallest absolute Gasteiger partial charge is 0.337 e. The molecule has 0 spiro atoms. The Balaban J connectivity index is 1.18. The fraction of sp³-hybridized carbons (Fsp3) is 0.667. The van der Waals surface area contributed by atoms with Gasteiger partial charge in [0, 0.05) is 41.4 Å². The van der Waals surface area contributed by atoms with Crippen LogP contribution in [0.1, 0.15) is 26.2 Å². The molecule has 0 aromatic rings. The normalized spacial score (nSPS) is 40.2. The van der Waals surface area contributed by atoms with Crippen molar-refractivity contribution in [1.29, 1.82) is 0 Å². The second-order valence-electron chi connectivity index (χ2n) is 17.4. The third-order valence-electron chi connectivity index (χ3n) is 13.5. The van der Waals surface area contributed by atoms with E-state index in [4.69, 9.17) is 56.8 Å². The number of hydrogen-bond acceptors (Lipinski definition) is 25. The molecule has 0 bridgehead atoms. The zero-order chi connectivity index (χ0) is 51.3. The van der Waals surface area contributed by atoms with Crippen LogP contribution < -0.4 is 0 Å². The van der Waals surface area contributed by atoms with Crippen molar-refractivity contribution in [3.63, 3.8) is 0 Å². The van der Waals surface area contributed by atoms with Crippen molar-refractivity contribution in [2.24, 2.45) is 41.4 Å². The summed E-state index contributed by atoms with van der Waals surface area (Å²) in [6.07, 6.45) is -17.2. The van der Waals surface area contributed by atoms with Gasteiger partial charge in [0.2, 0.25) is 18.9 Å². The highest BCUT2D eigenvalue weighted by Crippen LogP contribution is 2.49. The van der Waals surface area contributed by atoms with Gasteiger partial charge in [0.25, 0.3) is 0 Å². The Kier molecular flexibility index (Phi) is 18.2. The van der Waals surface area contributed by atoms with Crippen molar-refractivity contribution in [2.45, 2.75) is 113 Å². The molecule has 5 aliphatic heterocycles. The lowest BCUT2D eigenvalue weighted by atomic mass is 9.81. The topological polar surface area (TPSA) is 358 Å². The van der Waals surface area contributed by atoms with Gasteiger partial charge in [-0.2, -0.15) is 0 Å². The Morgan fingerprint density at radius 1 is 0.586 bits per heavy atom. The molecular weight excluding hydrogens is 940 g/mol. The van der Waals surface area contributed by atoms with E-state index in [-0.39, 0.29) is 23.1 Å². The van der Waals surface area contributed by atoms with Crippen molar-refractivity contribution in [3.05, 3.63) is 60.8 Å². The molecular formula is C45H60O25. The molecule has 5 heterocycles. The van der Waals surface area contributed by atoms with Gasteiger partial charge in [-0.3, -0.25) is 9.59 Å². The Labute approximate surface area is 400 Å². The van der Waals surface area contributed by atoms with Crippen LogP contribution in [0.3, 0.4) is 0 Å². The predicted octanol–water partition coefficient (Wildman–Crippen LogP) is -2.80. The first-order valence-corrected chi connectivity index (χ1v) is 22.3. The second kappa shape index (κ2) is 23.5. The molecule has 0 radical (unpaired) electrons. The number of aliphatic hydroxyl groups is 8. The van der Waals surface area contributed by atoms with Crippen molar-refractivity contribution < 1.29 is 122 Å². The van der Waals surface area contributed by atoms with Crippen molar-refractivity contribution in [1.82, 2.24) is 0 Å². The summed E-state index contributed by atoms with van der Waals surface area (Å²) in [5.41, 5.74) is -0.219. The fourth-order valence-electron chi connectivity index (χ4n) is 9.64. The molecule has 25 heteroatoms. The summed E-state index contributed by atoms with van der Waals surface area (Å²) in [6, 6.07) is 0. The summed E-state index contributed by atoms with van der Waals surface area (Å²) >= 11 is 0. The van der Waals surface area contributed by atoms with Crippen LogP contribution in [0.2, 0.25) is 0 Å². The van der Waals surface area contributed by atoms with E-state index in [1.165, 1.54) is 12.2 Å². The van der Waals surface area contributed by atoms with E-state index in [2.05, 4.69) is 13.2 Å². The zero-order valence-electron chi connectivity index (χ0n) is 38.5. The highest BCUT2D eigenvalue weighted by atomic mass is 16.8. The number of carbonyl (C=O) groups excluding carboxylic acids is 5. The first kappa shape index (κ1) is 54.3. The van der Waals surface area contributed by atoms with Crippen LogP contribution in [0.25, 0.3) is 0 Å². The molecule has 2 saturated heterocycles. The molecule has 25 nitrogen and oxygen atoms in total. The number of esters is 5. The average Bonchev–Trinajstić information content (AvgIpc) is 3.68. The third kappa shape index (κ3) is 11.0. The summed E-state index contributed by atoms with van der Waals surface area (Å²) in [6.45, 7) is 7.78. The quantitative estimate of drug-likeness (QED) is 0.0415. The number of ether oxygens (including phenoxy) is 12. The SMILES string of the molecule is C=CC1C(OC2OC(CO)C(O)C(O)C2O)OC=C(C(=O)OC)C1CC(=O)OC1CC2C(C(=O)OC)=COC(OC(=O)CC3C(C(=O)OC)=COC(OC4OC(CO)C(O)C(O)C4O)C3C=C)C2C1C. The molecule has 6 rings (SSSR count). The zero-order valence-corrected chi connectivity index (χ0v) is 38.5. The standard InChI is InChI=1S/C45H60O25/c1-7-18-20(23(38(56)59-4)14-62-41(18)69-44-36(54)34(52)32(50)27(12-46)66-44)10-29(48)65-26-9-22-25(40(58)61-6)16-64-43(31(22)17(26)3)68-30(49)11-21-19(8-2)42(63-15-24(21)39(57)60-5)70-45-37(55)35(53)33(51)28(13-47)67-45/h7-8,14-22,26-28,31-37,41-47,50-55H,1-2,9-13H2,3-6H3. The van der Waals surface area contributed by atoms with Gasteiger partial charge in [0.1, 0.15) is 54.9 Å². The van der Waals surface area contributed by atoms with E-state index in [0.29, 0.717) is 0 Å². The van der Waals surface area contributed by atoms with E-state index in [0.717, 1.165) is 40.1 Å². The molecule has 21 unspecified atom stereocenters. The van der Waals surface area contributed by atoms with Gasteiger partial charge in [-0.15, -0.1) is 13.2 Å². The van der Waals surface area contributed by atoms with Crippen molar-refractivity contribution in [3.8, 4) is 0 Å². The van der Waals surface area contributed by atoms with Crippen LogP contribution in [-0.4, -0.2) is 192 Å². The fourth-order valence-corrected chi connectivity index (χ4v) is 9.64. The molecule has 8 N–H and O–H groups in total. The van der Waals surface area contributed by atoms with Crippen molar-refractivity contribution in [2.75, 3.05) is 34.5 Å². The molecule has 70 heavy (non-hydrogen) atoms. The maximum Gasteiger partial charge on any atom is 0.337 e. The molecule has 0 amide bonds. The highest BCUT2D eigenvalue weighted by molar-refractivity contribution is 5.91. The first-order chi connectivity index (χ1) is 33.4. The largest absolute Gasteiger partial charge is 0.471 e. The van der Waals surface area contributed by atoms with E-state index in [1.54, 1.807) is 6.92 Å². The third-order valence-corrected chi connectivity index (χ3v) is 13.5. The van der Waals surface area contributed by atoms with Crippen LogP contribution in [-0.2, 0) is 80.8 Å². The van der Waals surface area contributed by atoms with Crippen LogP contribution in [0, 0.1) is 41.4 Å². The van der Waals surface area contributed by atoms with E-state index >= 15 is 0 Å². The lowest BCUT2D eigenvalue weighted by Gasteiger charge is -2.43. The molecule has 3 fully saturated rings. The van der Waals surface area contributed by atoms with Crippen LogP contribution in [0.5, 0.6) is 0 Å². The van der Waals surface area contributed by atoms with E-state index in [9.17, 15) is 64.8 Å². The molecule has 1 aliphatic carbocycles. The number of fused-ring (bicyclic) bond motifs is 1. The van der Waals surface area contributed by atoms with Gasteiger partial charge in [-0.1, -0.05) is 19.1 Å². The maximum atomic E-state index is 14.0. The second-order valence-corrected chi connectivity index (χ2v) is 17.4. The Morgan fingerprint density at radius 3 is 1.40 bits per heavy atom. The minimum atomic E-state index is -1.82. The van der Waals surface area contributed by atoms with E-state index < -0.39 is 184 Å². The lowest BCUT2D eigenvalue weighted by molar-refractivity contribution is -0.339. The maximum absolute atomic E-state index is 14.0. The van der Waals surface area contributed by atoms with Gasteiger partial charge in [0.05, 0.1) is 82.9 Å². The number of methoxy groups -OCH3 is 3. The molecule has 390 valence electrons. The predicted molar refractivity (Wildman–Crippen MR) is 225 cm³/mol. The highest BCUT2D eigenvalue weighted by Gasteiger charge is 2.55.